The number of amides is 3. The lowest BCUT2D eigenvalue weighted by atomic mass is 10.1. The summed E-state index contributed by atoms with van der Waals surface area (Å²) in [5.41, 5.74) is 4.18. The van der Waals surface area contributed by atoms with Crippen LogP contribution in [0.2, 0.25) is 0 Å². The van der Waals surface area contributed by atoms with Crippen molar-refractivity contribution in [2.24, 2.45) is 0 Å². The smallest absolute Gasteiger partial charge is 0.276 e. The lowest BCUT2D eigenvalue weighted by Crippen LogP contribution is -2.56. The summed E-state index contributed by atoms with van der Waals surface area (Å²) in [6.45, 7) is 4.00. The topological polar surface area (TPSA) is 88.4 Å². The molecule has 4 rings (SSSR count). The van der Waals surface area contributed by atoms with Crippen LogP contribution in [0.5, 0.6) is 0 Å². The molecule has 2 aromatic carbocycles. The van der Waals surface area contributed by atoms with Gasteiger partial charge >= 0.3 is 0 Å². The number of benzene rings is 2. The minimum absolute atomic E-state index is 0.0940. The van der Waals surface area contributed by atoms with Gasteiger partial charge < -0.3 is 4.90 Å². The van der Waals surface area contributed by atoms with E-state index in [2.05, 4.69) is 10.3 Å². The fourth-order valence-corrected chi connectivity index (χ4v) is 3.49. The monoisotopic (exact) mass is 417 g/mol. The molecule has 1 aliphatic heterocycles. The maximum Gasteiger partial charge on any atom is 0.276 e. The minimum Gasteiger partial charge on any atom is -0.319 e. The molecule has 1 aromatic heterocycles. The Morgan fingerprint density at radius 3 is 2.35 bits per heavy atom. The maximum absolute atomic E-state index is 12.8. The summed E-state index contributed by atoms with van der Waals surface area (Å²) >= 11 is 0. The summed E-state index contributed by atoms with van der Waals surface area (Å²) in [6, 6.07) is 15.5. The van der Waals surface area contributed by atoms with Gasteiger partial charge in [0, 0.05) is 6.54 Å². The summed E-state index contributed by atoms with van der Waals surface area (Å²) in [5, 5.41) is 7.98. The Hall–Kier alpha value is -3.81. The first kappa shape index (κ1) is 20.5. The second kappa shape index (κ2) is 8.51. The number of aryl methyl sites for hydroxylation is 2. The first-order valence-corrected chi connectivity index (χ1v) is 10.1. The van der Waals surface area contributed by atoms with Gasteiger partial charge in [0.1, 0.15) is 13.1 Å². The number of piperazine rings is 1. The van der Waals surface area contributed by atoms with Gasteiger partial charge in [-0.2, -0.15) is 0 Å². The summed E-state index contributed by atoms with van der Waals surface area (Å²) in [6.07, 6.45) is 2.10. The Bertz CT molecular complexity index is 1120. The normalized spacial score (nSPS) is 14.3. The number of carbonyl (C=O) groups is 3. The van der Waals surface area contributed by atoms with Crippen LogP contribution in [0.1, 0.15) is 27.2 Å². The minimum atomic E-state index is -0.487. The van der Waals surface area contributed by atoms with Gasteiger partial charge in [-0.3, -0.25) is 19.3 Å². The second-order valence-electron chi connectivity index (χ2n) is 7.65. The molecule has 1 aliphatic rings. The molecule has 158 valence electrons. The first-order chi connectivity index (χ1) is 14.9. The van der Waals surface area contributed by atoms with E-state index in [-0.39, 0.29) is 30.6 Å². The molecule has 8 nitrogen and oxygen atoms in total. The van der Waals surface area contributed by atoms with Crippen LogP contribution in [-0.4, -0.2) is 62.1 Å². The van der Waals surface area contributed by atoms with Gasteiger partial charge in [0.05, 0.1) is 11.9 Å². The molecule has 0 bridgehead atoms. The van der Waals surface area contributed by atoms with Crippen LogP contribution >= 0.6 is 0 Å². The molecule has 1 fully saturated rings. The molecule has 0 spiro atoms. The van der Waals surface area contributed by atoms with Gasteiger partial charge in [-0.25, -0.2) is 4.68 Å². The van der Waals surface area contributed by atoms with Crippen molar-refractivity contribution in [3.8, 4) is 5.69 Å². The van der Waals surface area contributed by atoms with E-state index < -0.39 is 5.91 Å². The Balaban J connectivity index is 1.42. The van der Waals surface area contributed by atoms with Crippen LogP contribution in [0.3, 0.4) is 0 Å². The van der Waals surface area contributed by atoms with Crippen molar-refractivity contribution < 1.29 is 14.4 Å². The van der Waals surface area contributed by atoms with Crippen molar-refractivity contribution >= 4 is 17.7 Å². The molecule has 31 heavy (non-hydrogen) atoms. The molecule has 0 atom stereocenters. The van der Waals surface area contributed by atoms with E-state index in [4.69, 9.17) is 0 Å². The van der Waals surface area contributed by atoms with E-state index in [0.29, 0.717) is 13.0 Å². The number of hydrogen-bond acceptors (Lipinski definition) is 5. The highest BCUT2D eigenvalue weighted by Gasteiger charge is 2.34. The highest BCUT2D eigenvalue weighted by atomic mass is 16.2. The van der Waals surface area contributed by atoms with Crippen LogP contribution in [0.4, 0.5) is 0 Å². The van der Waals surface area contributed by atoms with E-state index in [9.17, 15) is 14.4 Å². The summed E-state index contributed by atoms with van der Waals surface area (Å²) in [4.78, 5) is 40.4. The number of hydrogen-bond donors (Lipinski definition) is 0. The molecule has 0 unspecified atom stereocenters. The molecular weight excluding hydrogens is 394 g/mol. The largest absolute Gasteiger partial charge is 0.319 e. The van der Waals surface area contributed by atoms with E-state index in [1.54, 1.807) is 0 Å². The van der Waals surface area contributed by atoms with Crippen molar-refractivity contribution in [2.75, 3.05) is 19.6 Å². The molecular formula is C23H23N5O3. The van der Waals surface area contributed by atoms with E-state index in [0.717, 1.165) is 22.4 Å². The van der Waals surface area contributed by atoms with E-state index in [1.165, 1.54) is 20.7 Å². The Kier molecular flexibility index (Phi) is 5.62. The fourth-order valence-electron chi connectivity index (χ4n) is 3.49. The van der Waals surface area contributed by atoms with Crippen LogP contribution in [-0.2, 0) is 16.0 Å². The third-order valence-corrected chi connectivity index (χ3v) is 5.48. The van der Waals surface area contributed by atoms with Gasteiger partial charge in [0.2, 0.25) is 11.8 Å². The van der Waals surface area contributed by atoms with Gasteiger partial charge in [-0.15, -0.1) is 5.10 Å². The zero-order valence-electron chi connectivity index (χ0n) is 17.5. The van der Waals surface area contributed by atoms with Crippen molar-refractivity contribution in [3.63, 3.8) is 0 Å². The van der Waals surface area contributed by atoms with Crippen molar-refractivity contribution in [3.05, 3.63) is 77.1 Å². The molecule has 1 saturated heterocycles. The SMILES string of the molecule is Cc1ccc(-n2cc(C(=O)N3CC(=O)N(CCc4ccccc4)C(=O)C3)nn2)cc1C. The quantitative estimate of drug-likeness (QED) is 0.592. The average Bonchev–Trinajstić information content (AvgIpc) is 3.25. The summed E-state index contributed by atoms with van der Waals surface area (Å²) in [7, 11) is 0. The van der Waals surface area contributed by atoms with Crippen LogP contribution in [0.15, 0.2) is 54.7 Å². The van der Waals surface area contributed by atoms with Gasteiger partial charge in [-0.1, -0.05) is 41.6 Å². The number of rotatable bonds is 5. The predicted octanol–water partition coefficient (Wildman–Crippen LogP) is 1.94. The number of carbonyl (C=O) groups excluding carboxylic acids is 3. The van der Waals surface area contributed by atoms with E-state index in [1.807, 2.05) is 62.4 Å². The van der Waals surface area contributed by atoms with Crippen LogP contribution < -0.4 is 0 Å². The Labute approximate surface area is 180 Å². The number of nitrogens with zero attached hydrogens (tertiary/aromatic N) is 5. The third-order valence-electron chi connectivity index (χ3n) is 5.48. The Morgan fingerprint density at radius 1 is 0.968 bits per heavy atom. The zero-order chi connectivity index (χ0) is 22.0. The standard InChI is InChI=1S/C23H23N5O3/c1-16-8-9-19(12-17(16)2)28-13-20(24-25-28)23(31)26-14-21(29)27(22(30)15-26)11-10-18-6-4-3-5-7-18/h3-9,12-13H,10-11,14-15H2,1-2H3. The molecule has 3 aromatic rings. The first-order valence-electron chi connectivity index (χ1n) is 10.1. The second-order valence-corrected chi connectivity index (χ2v) is 7.65. The van der Waals surface area contributed by atoms with Crippen LogP contribution in [0.25, 0.3) is 5.69 Å². The molecule has 0 aliphatic carbocycles. The lowest BCUT2D eigenvalue weighted by Gasteiger charge is -2.32. The zero-order valence-corrected chi connectivity index (χ0v) is 17.5. The maximum atomic E-state index is 12.8. The lowest BCUT2D eigenvalue weighted by molar-refractivity contribution is -0.150. The van der Waals surface area contributed by atoms with Gasteiger partial charge in [0.25, 0.3) is 5.91 Å². The number of aromatic nitrogens is 3. The number of imide groups is 1. The van der Waals surface area contributed by atoms with Crippen molar-refractivity contribution in [2.45, 2.75) is 20.3 Å². The van der Waals surface area contributed by atoms with Crippen molar-refractivity contribution in [1.82, 2.24) is 24.8 Å². The molecule has 0 saturated carbocycles. The van der Waals surface area contributed by atoms with Crippen molar-refractivity contribution in [1.29, 1.82) is 0 Å². The Morgan fingerprint density at radius 2 is 1.68 bits per heavy atom. The average molecular weight is 417 g/mol. The molecule has 8 heteroatoms. The fraction of sp³-hybridized carbons (Fsp3) is 0.261. The molecule has 2 heterocycles. The van der Waals surface area contributed by atoms with Gasteiger partial charge in [0.15, 0.2) is 5.69 Å². The highest BCUT2D eigenvalue weighted by Crippen LogP contribution is 2.15. The molecule has 3 amide bonds. The molecule has 0 radical (unpaired) electrons. The van der Waals surface area contributed by atoms with Crippen LogP contribution in [0, 0.1) is 13.8 Å². The highest BCUT2D eigenvalue weighted by molar-refractivity contribution is 6.05. The predicted molar refractivity (Wildman–Crippen MR) is 114 cm³/mol. The summed E-state index contributed by atoms with van der Waals surface area (Å²) < 4.78 is 1.51. The molecule has 0 N–H and O–H groups in total. The summed E-state index contributed by atoms with van der Waals surface area (Å²) in [5.74, 6) is -1.26. The van der Waals surface area contributed by atoms with Gasteiger partial charge in [-0.05, 0) is 49.1 Å². The van der Waals surface area contributed by atoms with E-state index >= 15 is 0 Å². The third kappa shape index (κ3) is 4.37.